The average Bonchev–Trinajstić information content (AvgIpc) is 2.24. The smallest absolute Gasteiger partial charge is 0.320 e. The Bertz CT molecular complexity index is 346. The van der Waals surface area contributed by atoms with Crippen LogP contribution in [-0.2, 0) is 20.9 Å². The van der Waals surface area contributed by atoms with Gasteiger partial charge in [-0.15, -0.1) is 0 Å². The Morgan fingerprint density at radius 3 is 2.19 bits per heavy atom. The summed E-state index contributed by atoms with van der Waals surface area (Å²) >= 11 is 0. The maximum absolute atomic E-state index is 10.5. The minimum Gasteiger partial charge on any atom is -0.481 e. The van der Waals surface area contributed by atoms with Gasteiger partial charge in [0, 0.05) is 0 Å². The van der Waals surface area contributed by atoms with Crippen LogP contribution in [0.15, 0.2) is 30.3 Å². The second kappa shape index (κ2) is 5.87. The van der Waals surface area contributed by atoms with Gasteiger partial charge in [0.1, 0.15) is 0 Å². The minimum absolute atomic E-state index is 0.206. The molecule has 0 aliphatic carbocycles. The Labute approximate surface area is 92.3 Å². The van der Waals surface area contributed by atoms with Crippen LogP contribution in [0, 0.1) is 5.92 Å². The molecular weight excluding hydrogens is 212 g/mol. The van der Waals surface area contributed by atoms with Crippen molar-refractivity contribution in [2.24, 2.45) is 5.92 Å². The van der Waals surface area contributed by atoms with Crippen LogP contribution < -0.4 is 0 Å². The molecule has 0 aliphatic rings. The zero-order chi connectivity index (χ0) is 12.0. The lowest BCUT2D eigenvalue weighted by Gasteiger charge is -2.08. The highest BCUT2D eigenvalue weighted by molar-refractivity contribution is 5.92. The number of rotatable bonds is 6. The summed E-state index contributed by atoms with van der Waals surface area (Å²) in [6, 6.07) is 9.13. The molecule has 5 nitrogen and oxygen atoms in total. The highest BCUT2D eigenvalue weighted by Gasteiger charge is 2.25. The molecule has 0 bridgehead atoms. The third-order valence-corrected chi connectivity index (χ3v) is 1.99. The fourth-order valence-corrected chi connectivity index (χ4v) is 1.12. The Balaban J connectivity index is 2.40. The van der Waals surface area contributed by atoms with Gasteiger partial charge in [0.05, 0.1) is 13.2 Å². The normalized spacial score (nSPS) is 10.3. The molecule has 0 fully saturated rings. The van der Waals surface area contributed by atoms with Gasteiger partial charge in [0.15, 0.2) is 5.92 Å². The van der Waals surface area contributed by atoms with E-state index >= 15 is 0 Å². The number of carboxylic acid groups (broad SMARTS) is 2. The molecule has 0 aliphatic heterocycles. The summed E-state index contributed by atoms with van der Waals surface area (Å²) in [5.41, 5.74) is 0.872. The largest absolute Gasteiger partial charge is 0.481 e. The van der Waals surface area contributed by atoms with Crippen LogP contribution in [0.5, 0.6) is 0 Å². The lowest BCUT2D eigenvalue weighted by atomic mass is 10.2. The summed E-state index contributed by atoms with van der Waals surface area (Å²) in [7, 11) is 0. The number of hydrogen-bond acceptors (Lipinski definition) is 3. The average molecular weight is 224 g/mol. The standard InChI is InChI=1S/C11H12O5/c12-10(13)9(11(14)15)7-16-6-8-4-2-1-3-5-8/h1-5,9H,6-7H2,(H,12,13)(H,14,15). The number of carbonyl (C=O) groups is 2. The second-order valence-electron chi connectivity index (χ2n) is 3.23. The van der Waals surface area contributed by atoms with Crippen molar-refractivity contribution in [3.63, 3.8) is 0 Å². The molecule has 0 amide bonds. The summed E-state index contributed by atoms with van der Waals surface area (Å²) in [6.07, 6.45) is 0. The molecule has 2 N–H and O–H groups in total. The maximum atomic E-state index is 10.5. The third-order valence-electron chi connectivity index (χ3n) is 1.99. The second-order valence-corrected chi connectivity index (χ2v) is 3.23. The fraction of sp³-hybridized carbons (Fsp3) is 0.273. The highest BCUT2D eigenvalue weighted by Crippen LogP contribution is 2.04. The predicted molar refractivity (Wildman–Crippen MR) is 54.9 cm³/mol. The van der Waals surface area contributed by atoms with Crippen molar-refractivity contribution in [1.82, 2.24) is 0 Å². The molecule has 5 heteroatoms. The van der Waals surface area contributed by atoms with Gasteiger partial charge in [0.2, 0.25) is 0 Å². The summed E-state index contributed by atoms with van der Waals surface area (Å²) in [5, 5.41) is 17.2. The van der Waals surface area contributed by atoms with Crippen molar-refractivity contribution in [2.45, 2.75) is 6.61 Å². The summed E-state index contributed by atoms with van der Waals surface area (Å²) < 4.78 is 5.04. The fourth-order valence-electron chi connectivity index (χ4n) is 1.12. The third kappa shape index (κ3) is 3.70. The summed E-state index contributed by atoms with van der Waals surface area (Å²) in [5.74, 6) is -4.29. The van der Waals surface area contributed by atoms with E-state index in [1.165, 1.54) is 0 Å². The minimum atomic E-state index is -1.51. The van der Waals surface area contributed by atoms with E-state index in [1.807, 2.05) is 30.3 Å². The zero-order valence-corrected chi connectivity index (χ0v) is 8.50. The molecule has 86 valence electrons. The van der Waals surface area contributed by atoms with Crippen molar-refractivity contribution in [2.75, 3.05) is 6.61 Å². The Morgan fingerprint density at radius 1 is 1.12 bits per heavy atom. The molecule has 0 atom stereocenters. The number of carboxylic acids is 2. The van der Waals surface area contributed by atoms with Gasteiger partial charge < -0.3 is 14.9 Å². The Hall–Kier alpha value is -1.88. The van der Waals surface area contributed by atoms with Crippen LogP contribution in [-0.4, -0.2) is 28.8 Å². The van der Waals surface area contributed by atoms with Gasteiger partial charge in [-0.3, -0.25) is 9.59 Å². The van der Waals surface area contributed by atoms with Gasteiger partial charge >= 0.3 is 11.9 Å². The van der Waals surface area contributed by atoms with Crippen LogP contribution >= 0.6 is 0 Å². The molecule has 0 saturated heterocycles. The monoisotopic (exact) mass is 224 g/mol. The van der Waals surface area contributed by atoms with E-state index in [0.717, 1.165) is 5.56 Å². The van der Waals surface area contributed by atoms with Crippen molar-refractivity contribution < 1.29 is 24.5 Å². The molecule has 0 radical (unpaired) electrons. The lowest BCUT2D eigenvalue weighted by molar-refractivity contribution is -0.157. The first-order valence-electron chi connectivity index (χ1n) is 4.68. The number of benzene rings is 1. The number of aliphatic carboxylic acids is 2. The van der Waals surface area contributed by atoms with Gasteiger partial charge in [-0.05, 0) is 5.56 Å². The molecule has 1 aromatic carbocycles. The van der Waals surface area contributed by atoms with Crippen LogP contribution in [0.4, 0.5) is 0 Å². The first-order valence-corrected chi connectivity index (χ1v) is 4.68. The van der Waals surface area contributed by atoms with Gasteiger partial charge in [-0.2, -0.15) is 0 Å². The lowest BCUT2D eigenvalue weighted by Crippen LogP contribution is -2.28. The van der Waals surface area contributed by atoms with E-state index in [9.17, 15) is 9.59 Å². The van der Waals surface area contributed by atoms with Crippen molar-refractivity contribution in [3.8, 4) is 0 Å². The molecule has 16 heavy (non-hydrogen) atoms. The molecule has 0 saturated carbocycles. The van der Waals surface area contributed by atoms with Crippen LogP contribution in [0.1, 0.15) is 5.56 Å². The molecule has 0 heterocycles. The van der Waals surface area contributed by atoms with E-state index in [-0.39, 0.29) is 13.2 Å². The number of hydrogen-bond donors (Lipinski definition) is 2. The summed E-state index contributed by atoms with van der Waals surface area (Å²) in [4.78, 5) is 21.0. The van der Waals surface area contributed by atoms with Crippen LogP contribution in [0.25, 0.3) is 0 Å². The predicted octanol–water partition coefficient (Wildman–Crippen LogP) is 0.989. The SMILES string of the molecule is O=C(O)C(COCc1ccccc1)C(=O)O. The molecule has 0 unspecified atom stereocenters. The highest BCUT2D eigenvalue weighted by atomic mass is 16.5. The van der Waals surface area contributed by atoms with Crippen LogP contribution in [0.3, 0.4) is 0 Å². The molecule has 1 aromatic rings. The number of ether oxygens (including phenoxy) is 1. The Morgan fingerprint density at radius 2 is 1.69 bits per heavy atom. The van der Waals surface area contributed by atoms with Crippen LogP contribution in [0.2, 0.25) is 0 Å². The van der Waals surface area contributed by atoms with E-state index in [0.29, 0.717) is 0 Å². The van der Waals surface area contributed by atoms with E-state index in [1.54, 1.807) is 0 Å². The zero-order valence-electron chi connectivity index (χ0n) is 8.50. The Kier molecular flexibility index (Phi) is 4.47. The van der Waals surface area contributed by atoms with Crippen molar-refractivity contribution >= 4 is 11.9 Å². The van der Waals surface area contributed by atoms with Crippen molar-refractivity contribution in [1.29, 1.82) is 0 Å². The maximum Gasteiger partial charge on any atom is 0.320 e. The van der Waals surface area contributed by atoms with E-state index < -0.39 is 17.9 Å². The van der Waals surface area contributed by atoms with Gasteiger partial charge in [-0.25, -0.2) is 0 Å². The topological polar surface area (TPSA) is 83.8 Å². The first kappa shape index (κ1) is 12.2. The molecular formula is C11H12O5. The molecule has 0 spiro atoms. The van der Waals surface area contributed by atoms with Crippen molar-refractivity contribution in [3.05, 3.63) is 35.9 Å². The van der Waals surface area contributed by atoms with Gasteiger partial charge in [0.25, 0.3) is 0 Å². The van der Waals surface area contributed by atoms with E-state index in [2.05, 4.69) is 0 Å². The molecule has 0 aromatic heterocycles. The molecule has 1 rings (SSSR count). The van der Waals surface area contributed by atoms with E-state index in [4.69, 9.17) is 14.9 Å². The quantitative estimate of drug-likeness (QED) is 0.704. The first-order chi connectivity index (χ1) is 7.61. The summed E-state index contributed by atoms with van der Waals surface area (Å²) in [6.45, 7) is -0.128. The van der Waals surface area contributed by atoms with Gasteiger partial charge in [-0.1, -0.05) is 30.3 Å².